The molecule has 2 heterocycles. The third kappa shape index (κ3) is 2.58. The van der Waals surface area contributed by atoms with E-state index in [0.717, 1.165) is 18.9 Å². The maximum absolute atomic E-state index is 6.26. The van der Waals surface area contributed by atoms with Gasteiger partial charge < -0.3 is 10.1 Å². The number of ether oxygens (including phenoxy) is 1. The number of para-hydroxylation sites is 1. The highest BCUT2D eigenvalue weighted by atomic mass is 16.5. The van der Waals surface area contributed by atoms with E-state index < -0.39 is 0 Å². The number of hydrogen-bond acceptors (Lipinski definition) is 2. The van der Waals surface area contributed by atoms with Crippen LogP contribution in [0.25, 0.3) is 0 Å². The van der Waals surface area contributed by atoms with Gasteiger partial charge in [-0.1, -0.05) is 32.0 Å². The standard InChI is InChI=1S/C18H27NO/c1-12(2)10-16-14(8-9-19-16)15-7-5-6-13-11-18(3,4)20-17(13)15/h5-7,12,14,16,19H,8-11H2,1-4H3. The number of rotatable bonds is 3. The van der Waals surface area contributed by atoms with Crippen molar-refractivity contribution in [3.05, 3.63) is 29.3 Å². The van der Waals surface area contributed by atoms with Gasteiger partial charge in [0.05, 0.1) is 0 Å². The minimum absolute atomic E-state index is 0.0436. The van der Waals surface area contributed by atoms with Gasteiger partial charge in [-0.25, -0.2) is 0 Å². The van der Waals surface area contributed by atoms with E-state index in [-0.39, 0.29) is 5.60 Å². The smallest absolute Gasteiger partial charge is 0.126 e. The quantitative estimate of drug-likeness (QED) is 0.902. The van der Waals surface area contributed by atoms with Crippen molar-refractivity contribution in [3.8, 4) is 5.75 Å². The topological polar surface area (TPSA) is 21.3 Å². The monoisotopic (exact) mass is 273 g/mol. The second-order valence-electron chi connectivity index (χ2n) is 7.46. The molecule has 1 saturated heterocycles. The van der Waals surface area contributed by atoms with Crippen LogP contribution in [0.3, 0.4) is 0 Å². The molecule has 0 bridgehead atoms. The third-order valence-electron chi connectivity index (χ3n) is 4.59. The van der Waals surface area contributed by atoms with Gasteiger partial charge >= 0.3 is 0 Å². The van der Waals surface area contributed by atoms with Gasteiger partial charge in [0.15, 0.2) is 0 Å². The van der Waals surface area contributed by atoms with Crippen LogP contribution in [0, 0.1) is 5.92 Å². The summed E-state index contributed by atoms with van der Waals surface area (Å²) in [5.74, 6) is 2.53. The molecule has 1 aromatic carbocycles. The van der Waals surface area contributed by atoms with Crippen molar-refractivity contribution in [3.63, 3.8) is 0 Å². The number of benzene rings is 1. The van der Waals surface area contributed by atoms with Crippen LogP contribution in [0.4, 0.5) is 0 Å². The lowest BCUT2D eigenvalue weighted by atomic mass is 9.86. The van der Waals surface area contributed by atoms with E-state index in [1.807, 2.05) is 0 Å². The van der Waals surface area contributed by atoms with Gasteiger partial charge in [0, 0.05) is 18.4 Å². The summed E-state index contributed by atoms with van der Waals surface area (Å²) in [5.41, 5.74) is 2.78. The second kappa shape index (κ2) is 5.07. The molecule has 1 N–H and O–H groups in total. The fraction of sp³-hybridized carbons (Fsp3) is 0.667. The average molecular weight is 273 g/mol. The molecule has 0 spiro atoms. The molecule has 110 valence electrons. The molecule has 2 unspecified atom stereocenters. The van der Waals surface area contributed by atoms with E-state index in [2.05, 4.69) is 51.2 Å². The summed E-state index contributed by atoms with van der Waals surface area (Å²) in [7, 11) is 0. The van der Waals surface area contributed by atoms with Crippen LogP contribution in [-0.2, 0) is 6.42 Å². The molecule has 0 radical (unpaired) electrons. The van der Waals surface area contributed by atoms with Gasteiger partial charge in [0.25, 0.3) is 0 Å². The molecule has 0 saturated carbocycles. The minimum atomic E-state index is -0.0436. The largest absolute Gasteiger partial charge is 0.487 e. The Kier molecular flexibility index (Phi) is 3.53. The molecule has 0 aromatic heterocycles. The van der Waals surface area contributed by atoms with Crippen molar-refractivity contribution in [2.75, 3.05) is 6.54 Å². The van der Waals surface area contributed by atoms with Gasteiger partial charge in [0.1, 0.15) is 11.4 Å². The highest BCUT2D eigenvalue weighted by Gasteiger charge is 2.36. The molecule has 1 fully saturated rings. The summed E-state index contributed by atoms with van der Waals surface area (Å²) in [4.78, 5) is 0. The van der Waals surface area contributed by atoms with Gasteiger partial charge in [-0.3, -0.25) is 0 Å². The Morgan fingerprint density at radius 2 is 2.15 bits per heavy atom. The normalized spacial score (nSPS) is 27.6. The minimum Gasteiger partial charge on any atom is -0.487 e. The van der Waals surface area contributed by atoms with Crippen molar-refractivity contribution in [1.82, 2.24) is 5.32 Å². The molecule has 0 amide bonds. The lowest BCUT2D eigenvalue weighted by molar-refractivity contribution is 0.136. The summed E-state index contributed by atoms with van der Waals surface area (Å²) in [5, 5.41) is 3.69. The van der Waals surface area contributed by atoms with Gasteiger partial charge in [0.2, 0.25) is 0 Å². The maximum atomic E-state index is 6.26. The van der Waals surface area contributed by atoms with E-state index >= 15 is 0 Å². The lowest BCUT2D eigenvalue weighted by Crippen LogP contribution is -2.28. The molecule has 2 atom stereocenters. The Bertz CT molecular complexity index is 492. The van der Waals surface area contributed by atoms with Gasteiger partial charge in [-0.05, 0) is 50.3 Å². The maximum Gasteiger partial charge on any atom is 0.126 e. The highest BCUT2D eigenvalue weighted by Crippen LogP contribution is 2.43. The fourth-order valence-electron chi connectivity index (χ4n) is 3.83. The SMILES string of the molecule is CC(C)CC1NCCC1c1cccc2c1OC(C)(C)C2. The first-order chi connectivity index (χ1) is 9.46. The predicted octanol–water partition coefficient (Wildman–Crippen LogP) is 3.89. The predicted molar refractivity (Wildman–Crippen MR) is 83.5 cm³/mol. The fourth-order valence-corrected chi connectivity index (χ4v) is 3.83. The first-order valence-corrected chi connectivity index (χ1v) is 8.00. The molecule has 1 aromatic rings. The third-order valence-corrected chi connectivity index (χ3v) is 4.59. The zero-order valence-corrected chi connectivity index (χ0v) is 13.2. The van der Waals surface area contributed by atoms with Crippen LogP contribution in [0.2, 0.25) is 0 Å². The number of hydrogen-bond donors (Lipinski definition) is 1. The zero-order valence-electron chi connectivity index (χ0n) is 13.2. The Labute approximate surface area is 122 Å². The lowest BCUT2D eigenvalue weighted by Gasteiger charge is -2.24. The Morgan fingerprint density at radius 3 is 2.90 bits per heavy atom. The van der Waals surface area contributed by atoms with Crippen LogP contribution < -0.4 is 10.1 Å². The molecule has 2 heteroatoms. The van der Waals surface area contributed by atoms with Crippen LogP contribution in [-0.4, -0.2) is 18.2 Å². The van der Waals surface area contributed by atoms with Crippen molar-refractivity contribution in [2.45, 2.75) is 64.5 Å². The Balaban J connectivity index is 1.90. The zero-order chi connectivity index (χ0) is 14.3. The molecule has 20 heavy (non-hydrogen) atoms. The first-order valence-electron chi connectivity index (χ1n) is 8.00. The highest BCUT2D eigenvalue weighted by molar-refractivity contribution is 5.48. The van der Waals surface area contributed by atoms with Crippen molar-refractivity contribution in [2.24, 2.45) is 5.92 Å². The summed E-state index contributed by atoms with van der Waals surface area (Å²) in [6.07, 6.45) is 3.51. The van der Waals surface area contributed by atoms with E-state index in [0.29, 0.717) is 12.0 Å². The van der Waals surface area contributed by atoms with Crippen molar-refractivity contribution < 1.29 is 4.74 Å². The van der Waals surface area contributed by atoms with Crippen LogP contribution in [0.5, 0.6) is 5.75 Å². The van der Waals surface area contributed by atoms with Gasteiger partial charge in [-0.15, -0.1) is 0 Å². The molecular weight excluding hydrogens is 246 g/mol. The van der Waals surface area contributed by atoms with E-state index in [1.54, 1.807) is 0 Å². The summed E-state index contributed by atoms with van der Waals surface area (Å²) in [6.45, 7) is 10.1. The molecule has 2 aliphatic rings. The van der Waals surface area contributed by atoms with Crippen LogP contribution in [0.1, 0.15) is 57.6 Å². The van der Waals surface area contributed by atoms with E-state index in [4.69, 9.17) is 4.74 Å². The number of fused-ring (bicyclic) bond motifs is 1. The Morgan fingerprint density at radius 1 is 1.35 bits per heavy atom. The summed E-state index contributed by atoms with van der Waals surface area (Å²) >= 11 is 0. The van der Waals surface area contributed by atoms with Crippen LogP contribution >= 0.6 is 0 Å². The second-order valence-corrected chi connectivity index (χ2v) is 7.46. The Hall–Kier alpha value is -1.02. The molecule has 0 aliphatic carbocycles. The molecule has 3 rings (SSSR count). The molecule has 2 nitrogen and oxygen atoms in total. The molecule has 2 aliphatic heterocycles. The number of nitrogens with one attached hydrogen (secondary N) is 1. The molecular formula is C18H27NO. The summed E-state index contributed by atoms with van der Waals surface area (Å²) < 4.78 is 6.26. The van der Waals surface area contributed by atoms with Crippen molar-refractivity contribution >= 4 is 0 Å². The first kappa shape index (κ1) is 13.9. The van der Waals surface area contributed by atoms with E-state index in [9.17, 15) is 0 Å². The van der Waals surface area contributed by atoms with Crippen LogP contribution in [0.15, 0.2) is 18.2 Å². The van der Waals surface area contributed by atoms with Crippen molar-refractivity contribution in [1.29, 1.82) is 0 Å². The average Bonchev–Trinajstić information content (AvgIpc) is 2.89. The van der Waals surface area contributed by atoms with E-state index in [1.165, 1.54) is 29.7 Å². The summed E-state index contributed by atoms with van der Waals surface area (Å²) in [6, 6.07) is 7.33. The van der Waals surface area contributed by atoms with Gasteiger partial charge in [-0.2, -0.15) is 0 Å².